The molecule has 0 radical (unpaired) electrons. The number of nitrogens with one attached hydrogen (secondary N) is 1. The molecule has 1 amide bonds. The van der Waals surface area contributed by atoms with Gasteiger partial charge in [0.15, 0.2) is 0 Å². The van der Waals surface area contributed by atoms with Crippen LogP contribution in [0.3, 0.4) is 0 Å². The quantitative estimate of drug-likeness (QED) is 0.870. The normalized spacial score (nSPS) is 38.1. The Hall–Kier alpha value is -0.540. The van der Waals surface area contributed by atoms with E-state index in [9.17, 15) is 4.79 Å². The fraction of sp³-hybridized carbons (Fsp3) is 0.533. The highest BCUT2D eigenvalue weighted by Gasteiger charge is 2.65. The number of halogens is 2. The van der Waals surface area contributed by atoms with Gasteiger partial charge in [0.05, 0.1) is 10.6 Å². The highest BCUT2D eigenvalue weighted by atomic mass is 79.9. The Morgan fingerprint density at radius 1 is 1.26 bits per heavy atom. The number of benzene rings is 1. The minimum Gasteiger partial charge on any atom is -0.349 e. The second-order valence-corrected chi connectivity index (χ2v) is 7.32. The molecule has 4 heteroatoms. The van der Waals surface area contributed by atoms with Crippen molar-refractivity contribution in [1.82, 2.24) is 5.32 Å². The Bertz CT molecular complexity index is 545. The first-order chi connectivity index (χ1) is 9.16. The number of hydrogen-bond acceptors (Lipinski definition) is 1. The molecule has 4 atom stereocenters. The van der Waals surface area contributed by atoms with Gasteiger partial charge in [0.25, 0.3) is 5.91 Å². The molecule has 0 spiro atoms. The Morgan fingerprint density at radius 2 is 1.95 bits per heavy atom. The van der Waals surface area contributed by atoms with Crippen LogP contribution < -0.4 is 5.32 Å². The third kappa shape index (κ3) is 1.78. The van der Waals surface area contributed by atoms with Gasteiger partial charge in [-0.1, -0.05) is 17.7 Å². The molecule has 1 aromatic carbocycles. The second-order valence-electron chi connectivity index (χ2n) is 6.09. The average molecular weight is 341 g/mol. The molecule has 2 bridgehead atoms. The lowest BCUT2D eigenvalue weighted by molar-refractivity contribution is 0.0944. The van der Waals surface area contributed by atoms with Crippen LogP contribution in [0.4, 0.5) is 0 Å². The molecule has 3 saturated carbocycles. The lowest BCUT2D eigenvalue weighted by Gasteiger charge is -2.11. The number of amides is 1. The Labute approximate surface area is 126 Å². The van der Waals surface area contributed by atoms with Crippen molar-refractivity contribution in [3.05, 3.63) is 33.3 Å². The van der Waals surface area contributed by atoms with Crippen LogP contribution >= 0.6 is 27.5 Å². The number of carbonyl (C=O) groups is 1. The summed E-state index contributed by atoms with van der Waals surface area (Å²) >= 11 is 9.54. The Kier molecular flexibility index (Phi) is 2.72. The first-order valence-electron chi connectivity index (χ1n) is 6.91. The summed E-state index contributed by atoms with van der Waals surface area (Å²) in [6.45, 7) is 0. The highest BCUT2D eigenvalue weighted by molar-refractivity contribution is 9.10. The van der Waals surface area contributed by atoms with Crippen molar-refractivity contribution >= 4 is 33.4 Å². The van der Waals surface area contributed by atoms with E-state index in [1.165, 1.54) is 19.3 Å². The van der Waals surface area contributed by atoms with Gasteiger partial charge in [-0.05, 0) is 71.0 Å². The molecule has 19 heavy (non-hydrogen) atoms. The molecule has 4 unspecified atom stereocenters. The van der Waals surface area contributed by atoms with Crippen molar-refractivity contribution in [2.24, 2.45) is 23.7 Å². The van der Waals surface area contributed by atoms with Gasteiger partial charge in [-0.2, -0.15) is 0 Å². The molecule has 1 N–H and O–H groups in total. The summed E-state index contributed by atoms with van der Waals surface area (Å²) in [7, 11) is 0. The van der Waals surface area contributed by atoms with Crippen LogP contribution in [0.5, 0.6) is 0 Å². The van der Waals surface area contributed by atoms with Crippen molar-refractivity contribution in [3.8, 4) is 0 Å². The van der Waals surface area contributed by atoms with E-state index in [2.05, 4.69) is 21.2 Å². The first-order valence-corrected chi connectivity index (χ1v) is 8.09. The van der Waals surface area contributed by atoms with Crippen molar-refractivity contribution in [3.63, 3.8) is 0 Å². The van der Waals surface area contributed by atoms with Crippen LogP contribution in [0, 0.1) is 23.7 Å². The average Bonchev–Trinajstić information content (AvgIpc) is 2.81. The molecule has 3 aliphatic carbocycles. The maximum atomic E-state index is 12.3. The summed E-state index contributed by atoms with van der Waals surface area (Å²) in [5.41, 5.74) is 0.577. The van der Waals surface area contributed by atoms with E-state index >= 15 is 0 Å². The fourth-order valence-electron chi connectivity index (χ4n) is 4.43. The van der Waals surface area contributed by atoms with Gasteiger partial charge in [0.1, 0.15) is 0 Å². The van der Waals surface area contributed by atoms with Gasteiger partial charge < -0.3 is 5.32 Å². The van der Waals surface area contributed by atoms with Gasteiger partial charge in [0.2, 0.25) is 0 Å². The maximum Gasteiger partial charge on any atom is 0.253 e. The van der Waals surface area contributed by atoms with Gasteiger partial charge in [-0.25, -0.2) is 0 Å². The van der Waals surface area contributed by atoms with Crippen molar-refractivity contribution < 1.29 is 4.79 Å². The van der Waals surface area contributed by atoms with E-state index in [0.29, 0.717) is 16.6 Å². The Balaban J connectivity index is 1.50. The first kappa shape index (κ1) is 12.2. The SMILES string of the molecule is O=C(NC1C2C3CCC(C3)C12)c1cccc(Br)c1Cl. The van der Waals surface area contributed by atoms with E-state index in [-0.39, 0.29) is 5.91 Å². The van der Waals surface area contributed by atoms with Crippen molar-refractivity contribution in [2.45, 2.75) is 25.3 Å². The van der Waals surface area contributed by atoms with Crippen LogP contribution in [0.1, 0.15) is 29.6 Å². The lowest BCUT2D eigenvalue weighted by atomic mass is 10.0. The van der Waals surface area contributed by atoms with Gasteiger partial charge >= 0.3 is 0 Å². The zero-order chi connectivity index (χ0) is 13.1. The van der Waals surface area contributed by atoms with E-state index in [4.69, 9.17) is 11.6 Å². The van der Waals surface area contributed by atoms with Crippen LogP contribution in [0.25, 0.3) is 0 Å². The molecular formula is C15H15BrClNO. The zero-order valence-electron chi connectivity index (χ0n) is 10.4. The van der Waals surface area contributed by atoms with Crippen LogP contribution in [0.15, 0.2) is 22.7 Å². The molecule has 0 saturated heterocycles. The van der Waals surface area contributed by atoms with Crippen LogP contribution in [0.2, 0.25) is 5.02 Å². The largest absolute Gasteiger partial charge is 0.349 e. The smallest absolute Gasteiger partial charge is 0.253 e. The predicted octanol–water partition coefficient (Wildman–Crippen LogP) is 3.88. The van der Waals surface area contributed by atoms with E-state index in [0.717, 1.165) is 28.1 Å². The summed E-state index contributed by atoms with van der Waals surface area (Å²) in [5.74, 6) is 3.24. The summed E-state index contributed by atoms with van der Waals surface area (Å²) in [4.78, 5) is 12.3. The minimum atomic E-state index is -0.0231. The predicted molar refractivity (Wildman–Crippen MR) is 78.2 cm³/mol. The van der Waals surface area contributed by atoms with Gasteiger partial charge in [-0.15, -0.1) is 0 Å². The molecule has 2 nitrogen and oxygen atoms in total. The molecule has 4 rings (SSSR count). The molecular weight excluding hydrogens is 326 g/mol. The van der Waals surface area contributed by atoms with Crippen LogP contribution in [-0.4, -0.2) is 11.9 Å². The highest BCUT2D eigenvalue weighted by Crippen LogP contribution is 2.65. The molecule has 0 aliphatic heterocycles. The third-order valence-electron chi connectivity index (χ3n) is 5.23. The fourth-order valence-corrected chi connectivity index (χ4v) is 5.00. The minimum absolute atomic E-state index is 0.0231. The number of fused-ring (bicyclic) bond motifs is 5. The van der Waals surface area contributed by atoms with E-state index in [1.807, 2.05) is 12.1 Å². The standard InChI is InChI=1S/C15H15BrClNO/c16-10-3-1-2-9(13(10)17)15(19)18-14-11-7-4-5-8(6-7)12(11)14/h1-3,7-8,11-12,14H,4-6H2,(H,18,19). The molecule has 0 aromatic heterocycles. The monoisotopic (exact) mass is 339 g/mol. The lowest BCUT2D eigenvalue weighted by Crippen LogP contribution is -2.30. The van der Waals surface area contributed by atoms with Crippen molar-refractivity contribution in [2.75, 3.05) is 0 Å². The van der Waals surface area contributed by atoms with Crippen molar-refractivity contribution in [1.29, 1.82) is 0 Å². The molecule has 100 valence electrons. The number of rotatable bonds is 2. The second kappa shape index (κ2) is 4.23. The molecule has 0 heterocycles. The van der Waals surface area contributed by atoms with Crippen LogP contribution in [-0.2, 0) is 0 Å². The topological polar surface area (TPSA) is 29.1 Å². The summed E-state index contributed by atoms with van der Waals surface area (Å²) in [6.07, 6.45) is 4.14. The number of hydrogen-bond donors (Lipinski definition) is 1. The Morgan fingerprint density at radius 3 is 2.63 bits per heavy atom. The van der Waals surface area contributed by atoms with Gasteiger partial charge in [0, 0.05) is 10.5 Å². The molecule has 3 fully saturated rings. The van der Waals surface area contributed by atoms with Gasteiger partial charge in [-0.3, -0.25) is 4.79 Å². The van der Waals surface area contributed by atoms with E-state index < -0.39 is 0 Å². The third-order valence-corrected chi connectivity index (χ3v) is 6.53. The molecule has 1 aromatic rings. The maximum absolute atomic E-state index is 12.3. The summed E-state index contributed by atoms with van der Waals surface area (Å²) in [6, 6.07) is 5.90. The number of carbonyl (C=O) groups excluding carboxylic acids is 1. The summed E-state index contributed by atoms with van der Waals surface area (Å²) < 4.78 is 0.776. The van der Waals surface area contributed by atoms with E-state index in [1.54, 1.807) is 6.07 Å². The zero-order valence-corrected chi connectivity index (χ0v) is 12.7. The summed E-state index contributed by atoms with van der Waals surface area (Å²) in [5, 5.41) is 3.70. The molecule has 3 aliphatic rings.